The lowest BCUT2D eigenvalue weighted by Gasteiger charge is -2.40. The van der Waals surface area contributed by atoms with Crippen LogP contribution in [0, 0.1) is 6.92 Å². The summed E-state index contributed by atoms with van der Waals surface area (Å²) in [5.74, 6) is 1.13. The van der Waals surface area contributed by atoms with Gasteiger partial charge in [0.1, 0.15) is 11.8 Å². The molecule has 174 valence electrons. The molecular weight excluding hydrogens is 414 g/mol. The second-order valence-electron chi connectivity index (χ2n) is 9.72. The molecule has 1 aliphatic carbocycles. The number of methoxy groups -OCH3 is 1. The topological polar surface area (TPSA) is 53.1 Å². The molecule has 0 bridgehead atoms. The SMILES string of the molecule is COc1ccc(C2(C(=O)N3CCCN4CCN(Cc5cccc(C)c5)C(=O)C4C3)CC2)cc1. The van der Waals surface area contributed by atoms with Gasteiger partial charge in [0.15, 0.2) is 0 Å². The molecule has 5 rings (SSSR count). The highest BCUT2D eigenvalue weighted by atomic mass is 16.5. The Balaban J connectivity index is 1.32. The van der Waals surface area contributed by atoms with E-state index in [0.29, 0.717) is 13.1 Å². The molecule has 3 fully saturated rings. The predicted octanol–water partition coefficient (Wildman–Crippen LogP) is 2.98. The number of carbonyl (C=O) groups is 2. The van der Waals surface area contributed by atoms with Crippen LogP contribution in [0.15, 0.2) is 48.5 Å². The molecule has 0 radical (unpaired) electrons. The van der Waals surface area contributed by atoms with Crippen LogP contribution in [0.5, 0.6) is 5.75 Å². The summed E-state index contributed by atoms with van der Waals surface area (Å²) >= 11 is 0. The van der Waals surface area contributed by atoms with Crippen LogP contribution in [0.2, 0.25) is 0 Å². The third-order valence-electron chi connectivity index (χ3n) is 7.51. The summed E-state index contributed by atoms with van der Waals surface area (Å²) in [4.78, 5) is 33.5. The van der Waals surface area contributed by atoms with Crippen molar-refractivity contribution >= 4 is 11.8 Å². The Hall–Kier alpha value is -2.86. The molecule has 2 aromatic rings. The number of fused-ring (bicyclic) bond motifs is 1. The lowest BCUT2D eigenvalue weighted by Crippen LogP contribution is -2.59. The summed E-state index contributed by atoms with van der Waals surface area (Å²) < 4.78 is 5.28. The van der Waals surface area contributed by atoms with E-state index in [0.717, 1.165) is 62.3 Å². The van der Waals surface area contributed by atoms with Gasteiger partial charge in [-0.3, -0.25) is 14.5 Å². The predicted molar refractivity (Wildman–Crippen MR) is 127 cm³/mol. The Morgan fingerprint density at radius 3 is 2.55 bits per heavy atom. The fraction of sp³-hybridized carbons (Fsp3) is 0.481. The second-order valence-corrected chi connectivity index (χ2v) is 9.72. The van der Waals surface area contributed by atoms with Crippen molar-refractivity contribution in [3.05, 3.63) is 65.2 Å². The third-order valence-corrected chi connectivity index (χ3v) is 7.51. The van der Waals surface area contributed by atoms with Crippen molar-refractivity contribution in [2.24, 2.45) is 0 Å². The Labute approximate surface area is 196 Å². The Morgan fingerprint density at radius 2 is 1.85 bits per heavy atom. The minimum Gasteiger partial charge on any atom is -0.497 e. The van der Waals surface area contributed by atoms with Gasteiger partial charge in [-0.1, -0.05) is 42.0 Å². The van der Waals surface area contributed by atoms with Gasteiger partial charge in [0.05, 0.1) is 12.5 Å². The molecule has 3 aliphatic rings. The number of piperazine rings is 1. The first-order valence-corrected chi connectivity index (χ1v) is 12.0. The molecule has 2 aliphatic heterocycles. The number of hydrogen-bond donors (Lipinski definition) is 0. The summed E-state index contributed by atoms with van der Waals surface area (Å²) in [6.07, 6.45) is 2.65. The first-order chi connectivity index (χ1) is 16.0. The summed E-state index contributed by atoms with van der Waals surface area (Å²) in [5, 5.41) is 0. The highest BCUT2D eigenvalue weighted by Gasteiger charge is 2.54. The number of amides is 2. The lowest BCUT2D eigenvalue weighted by atomic mass is 9.93. The van der Waals surface area contributed by atoms with Crippen LogP contribution in [-0.4, -0.2) is 72.4 Å². The van der Waals surface area contributed by atoms with Gasteiger partial charge in [-0.25, -0.2) is 0 Å². The second kappa shape index (κ2) is 8.82. The van der Waals surface area contributed by atoms with Gasteiger partial charge < -0.3 is 14.5 Å². The van der Waals surface area contributed by atoms with E-state index in [4.69, 9.17) is 4.74 Å². The van der Waals surface area contributed by atoms with Gasteiger partial charge in [0, 0.05) is 39.3 Å². The van der Waals surface area contributed by atoms with Crippen LogP contribution in [-0.2, 0) is 21.5 Å². The number of hydrogen-bond acceptors (Lipinski definition) is 4. The average Bonchev–Trinajstić information content (AvgIpc) is 3.65. The van der Waals surface area contributed by atoms with Gasteiger partial charge in [-0.05, 0) is 49.4 Å². The first-order valence-electron chi connectivity index (χ1n) is 12.0. The van der Waals surface area contributed by atoms with Crippen molar-refractivity contribution in [2.45, 2.75) is 44.2 Å². The molecule has 33 heavy (non-hydrogen) atoms. The van der Waals surface area contributed by atoms with E-state index in [-0.39, 0.29) is 17.9 Å². The Bertz CT molecular complexity index is 1030. The van der Waals surface area contributed by atoms with E-state index in [1.807, 2.05) is 40.1 Å². The number of carbonyl (C=O) groups excluding carboxylic acids is 2. The van der Waals surface area contributed by atoms with Crippen LogP contribution in [0.1, 0.15) is 36.0 Å². The van der Waals surface area contributed by atoms with E-state index in [9.17, 15) is 9.59 Å². The Kier molecular flexibility index (Phi) is 5.87. The normalized spacial score (nSPS) is 22.5. The highest BCUT2D eigenvalue weighted by molar-refractivity contribution is 5.92. The molecule has 2 amide bonds. The minimum atomic E-state index is -0.430. The summed E-state index contributed by atoms with van der Waals surface area (Å²) in [6.45, 7) is 6.40. The van der Waals surface area contributed by atoms with E-state index < -0.39 is 5.41 Å². The van der Waals surface area contributed by atoms with Crippen LogP contribution in [0.25, 0.3) is 0 Å². The zero-order valence-corrected chi connectivity index (χ0v) is 19.6. The molecule has 1 unspecified atom stereocenters. The van der Waals surface area contributed by atoms with Gasteiger partial charge >= 0.3 is 0 Å². The minimum absolute atomic E-state index is 0.150. The molecule has 6 nitrogen and oxygen atoms in total. The third kappa shape index (κ3) is 4.24. The zero-order valence-electron chi connectivity index (χ0n) is 19.6. The maximum absolute atomic E-state index is 13.7. The van der Waals surface area contributed by atoms with Crippen LogP contribution >= 0.6 is 0 Å². The van der Waals surface area contributed by atoms with Crippen molar-refractivity contribution in [3.8, 4) is 5.75 Å². The Morgan fingerprint density at radius 1 is 1.06 bits per heavy atom. The monoisotopic (exact) mass is 447 g/mol. The van der Waals surface area contributed by atoms with Gasteiger partial charge in [0.25, 0.3) is 0 Å². The molecule has 2 heterocycles. The quantitative estimate of drug-likeness (QED) is 0.707. The molecule has 0 spiro atoms. The summed E-state index contributed by atoms with van der Waals surface area (Å²) in [7, 11) is 1.65. The van der Waals surface area contributed by atoms with E-state index in [2.05, 4.69) is 30.0 Å². The molecule has 2 aromatic carbocycles. The zero-order chi connectivity index (χ0) is 23.0. The van der Waals surface area contributed by atoms with Crippen LogP contribution < -0.4 is 4.74 Å². The van der Waals surface area contributed by atoms with Crippen molar-refractivity contribution in [1.82, 2.24) is 14.7 Å². The fourth-order valence-electron chi connectivity index (χ4n) is 5.44. The van der Waals surface area contributed by atoms with E-state index in [1.54, 1.807) is 7.11 Å². The highest BCUT2D eigenvalue weighted by Crippen LogP contribution is 2.50. The number of aryl methyl sites for hydroxylation is 1. The van der Waals surface area contributed by atoms with Crippen LogP contribution in [0.3, 0.4) is 0 Å². The standard InChI is InChI=1S/C27H33N3O3/c1-20-5-3-6-21(17-20)18-29-16-15-28-13-4-14-30(19-24(28)25(29)31)26(32)27(11-12-27)22-7-9-23(33-2)10-8-22/h3,5-10,17,24H,4,11-16,18-19H2,1-2H3. The smallest absolute Gasteiger partial charge is 0.242 e. The van der Waals surface area contributed by atoms with Crippen molar-refractivity contribution < 1.29 is 14.3 Å². The maximum atomic E-state index is 13.7. The largest absolute Gasteiger partial charge is 0.497 e. The number of ether oxygens (including phenoxy) is 1. The summed E-state index contributed by atoms with van der Waals surface area (Å²) in [5.41, 5.74) is 3.00. The average molecular weight is 448 g/mol. The van der Waals surface area contributed by atoms with E-state index >= 15 is 0 Å². The fourth-order valence-corrected chi connectivity index (χ4v) is 5.44. The van der Waals surface area contributed by atoms with Crippen LogP contribution in [0.4, 0.5) is 0 Å². The number of rotatable bonds is 5. The van der Waals surface area contributed by atoms with E-state index in [1.165, 1.54) is 5.56 Å². The molecule has 0 N–H and O–H groups in total. The molecular formula is C27H33N3O3. The number of benzene rings is 2. The molecule has 2 saturated heterocycles. The lowest BCUT2D eigenvalue weighted by molar-refractivity contribution is -0.144. The van der Waals surface area contributed by atoms with Crippen molar-refractivity contribution in [2.75, 3.05) is 39.8 Å². The molecule has 0 aromatic heterocycles. The van der Waals surface area contributed by atoms with Gasteiger partial charge in [0.2, 0.25) is 11.8 Å². The first kappa shape index (κ1) is 22.0. The van der Waals surface area contributed by atoms with Crippen molar-refractivity contribution in [3.63, 3.8) is 0 Å². The number of nitrogens with zero attached hydrogens (tertiary/aromatic N) is 3. The van der Waals surface area contributed by atoms with Gasteiger partial charge in [-0.15, -0.1) is 0 Å². The van der Waals surface area contributed by atoms with Gasteiger partial charge in [-0.2, -0.15) is 0 Å². The van der Waals surface area contributed by atoms with Crippen molar-refractivity contribution in [1.29, 1.82) is 0 Å². The molecule has 1 saturated carbocycles. The maximum Gasteiger partial charge on any atom is 0.242 e. The molecule has 6 heteroatoms. The summed E-state index contributed by atoms with van der Waals surface area (Å²) in [6, 6.07) is 16.0. The molecule has 1 atom stereocenters.